The number of hydrogen-bond donors (Lipinski definition) is 0. The minimum atomic E-state index is 0.458. The second-order valence-corrected chi connectivity index (χ2v) is 3.45. The smallest absolute Gasteiger partial charge is 0.0587 e. The van der Waals surface area contributed by atoms with Crippen LogP contribution in [0.2, 0.25) is 0 Å². The highest BCUT2D eigenvalue weighted by Gasteiger charge is 2.27. The zero-order valence-corrected chi connectivity index (χ0v) is 7.52. The van der Waals surface area contributed by atoms with Crippen LogP contribution < -0.4 is 0 Å². The molecule has 2 heteroatoms. The van der Waals surface area contributed by atoms with Gasteiger partial charge in [0.1, 0.15) is 0 Å². The van der Waals surface area contributed by atoms with Crippen molar-refractivity contribution >= 4 is 15.9 Å². The van der Waals surface area contributed by atoms with Gasteiger partial charge >= 0.3 is 0 Å². The van der Waals surface area contributed by atoms with E-state index in [4.69, 9.17) is 4.74 Å². The van der Waals surface area contributed by atoms with Gasteiger partial charge in [0.25, 0.3) is 0 Å². The SMILES string of the molecule is CC1CC(CBr)C(C)O1. The Labute approximate surface area is 64.9 Å². The fourth-order valence-electron chi connectivity index (χ4n) is 1.34. The second kappa shape index (κ2) is 3.02. The molecule has 0 saturated carbocycles. The van der Waals surface area contributed by atoms with Crippen LogP contribution in [0.15, 0.2) is 0 Å². The molecule has 1 aliphatic heterocycles. The molecule has 0 aromatic rings. The Morgan fingerprint density at radius 2 is 2.22 bits per heavy atom. The first-order valence-electron chi connectivity index (χ1n) is 3.45. The number of halogens is 1. The number of alkyl halides is 1. The van der Waals surface area contributed by atoms with Crippen LogP contribution in [0.25, 0.3) is 0 Å². The van der Waals surface area contributed by atoms with Gasteiger partial charge in [-0.25, -0.2) is 0 Å². The van der Waals surface area contributed by atoms with Crippen molar-refractivity contribution < 1.29 is 4.74 Å². The standard InChI is InChI=1S/C7H13BrO/c1-5-3-7(4-8)6(2)9-5/h5-7H,3-4H2,1-2H3. The predicted octanol–water partition coefficient (Wildman–Crippen LogP) is 2.19. The van der Waals surface area contributed by atoms with Crippen molar-refractivity contribution in [2.24, 2.45) is 5.92 Å². The zero-order chi connectivity index (χ0) is 6.85. The lowest BCUT2D eigenvalue weighted by molar-refractivity contribution is 0.0586. The summed E-state index contributed by atoms with van der Waals surface area (Å²) in [6.45, 7) is 4.29. The summed E-state index contributed by atoms with van der Waals surface area (Å²) in [6, 6.07) is 0. The predicted molar refractivity (Wildman–Crippen MR) is 41.9 cm³/mol. The molecule has 1 heterocycles. The van der Waals surface area contributed by atoms with Crippen molar-refractivity contribution in [2.75, 3.05) is 5.33 Å². The van der Waals surface area contributed by atoms with Crippen molar-refractivity contribution in [1.29, 1.82) is 0 Å². The molecular formula is C7H13BrO. The van der Waals surface area contributed by atoms with E-state index >= 15 is 0 Å². The maximum Gasteiger partial charge on any atom is 0.0587 e. The van der Waals surface area contributed by atoms with Gasteiger partial charge < -0.3 is 4.74 Å². The highest BCUT2D eigenvalue weighted by molar-refractivity contribution is 9.09. The molecule has 0 radical (unpaired) electrons. The molecule has 0 N–H and O–H groups in total. The molecule has 0 amide bonds. The molecule has 1 aliphatic rings. The molecule has 1 nitrogen and oxygen atoms in total. The fraction of sp³-hybridized carbons (Fsp3) is 1.00. The van der Waals surface area contributed by atoms with Crippen LogP contribution in [0.1, 0.15) is 20.3 Å². The van der Waals surface area contributed by atoms with Gasteiger partial charge in [0.15, 0.2) is 0 Å². The molecule has 1 fully saturated rings. The van der Waals surface area contributed by atoms with E-state index in [-0.39, 0.29) is 0 Å². The third-order valence-corrected chi connectivity index (χ3v) is 2.78. The molecule has 1 rings (SSSR count). The largest absolute Gasteiger partial charge is 0.375 e. The van der Waals surface area contributed by atoms with E-state index in [0.29, 0.717) is 12.2 Å². The number of ether oxygens (including phenoxy) is 1. The molecule has 0 aromatic heterocycles. The average Bonchev–Trinajstić information content (AvgIpc) is 2.10. The first kappa shape index (κ1) is 7.55. The van der Waals surface area contributed by atoms with Crippen molar-refractivity contribution in [2.45, 2.75) is 32.5 Å². The normalized spacial score (nSPS) is 43.7. The lowest BCUT2D eigenvalue weighted by atomic mass is 10.0. The van der Waals surface area contributed by atoms with Gasteiger partial charge in [0, 0.05) is 5.33 Å². The maximum absolute atomic E-state index is 5.53. The molecule has 0 spiro atoms. The molecule has 54 valence electrons. The molecule has 0 aliphatic carbocycles. The van der Waals surface area contributed by atoms with Crippen molar-refractivity contribution in [1.82, 2.24) is 0 Å². The van der Waals surface area contributed by atoms with Crippen LogP contribution in [0.5, 0.6) is 0 Å². The average molecular weight is 193 g/mol. The summed E-state index contributed by atoms with van der Waals surface area (Å²) in [5.41, 5.74) is 0. The second-order valence-electron chi connectivity index (χ2n) is 2.80. The minimum absolute atomic E-state index is 0.458. The third kappa shape index (κ3) is 1.68. The molecule has 3 atom stereocenters. The summed E-state index contributed by atoms with van der Waals surface area (Å²) >= 11 is 3.46. The molecular weight excluding hydrogens is 180 g/mol. The molecule has 0 aromatic carbocycles. The van der Waals surface area contributed by atoms with Gasteiger partial charge in [-0.1, -0.05) is 15.9 Å². The van der Waals surface area contributed by atoms with E-state index < -0.39 is 0 Å². The van der Waals surface area contributed by atoms with Gasteiger partial charge in [-0.2, -0.15) is 0 Å². The Kier molecular flexibility index (Phi) is 2.53. The summed E-state index contributed by atoms with van der Waals surface area (Å²) < 4.78 is 5.53. The lowest BCUT2D eigenvalue weighted by Gasteiger charge is -2.08. The van der Waals surface area contributed by atoms with Crippen LogP contribution in [0, 0.1) is 5.92 Å². The topological polar surface area (TPSA) is 9.23 Å². The van der Waals surface area contributed by atoms with Gasteiger partial charge in [-0.05, 0) is 26.2 Å². The summed E-state index contributed by atoms with van der Waals surface area (Å²) in [5, 5.41) is 1.08. The van der Waals surface area contributed by atoms with E-state index in [9.17, 15) is 0 Å². The Bertz CT molecular complexity index is 94.9. The summed E-state index contributed by atoms with van der Waals surface area (Å²) in [6.07, 6.45) is 2.15. The van der Waals surface area contributed by atoms with E-state index in [0.717, 1.165) is 11.2 Å². The van der Waals surface area contributed by atoms with Crippen LogP contribution in [-0.2, 0) is 4.74 Å². The van der Waals surface area contributed by atoms with E-state index in [1.54, 1.807) is 0 Å². The Morgan fingerprint density at radius 3 is 2.44 bits per heavy atom. The number of hydrogen-bond acceptors (Lipinski definition) is 1. The first-order valence-corrected chi connectivity index (χ1v) is 4.57. The van der Waals surface area contributed by atoms with Crippen LogP contribution in [0.4, 0.5) is 0 Å². The van der Waals surface area contributed by atoms with Gasteiger partial charge in [0.2, 0.25) is 0 Å². The van der Waals surface area contributed by atoms with Crippen LogP contribution >= 0.6 is 15.9 Å². The van der Waals surface area contributed by atoms with Gasteiger partial charge in [-0.3, -0.25) is 0 Å². The monoisotopic (exact) mass is 192 g/mol. The van der Waals surface area contributed by atoms with E-state index in [1.165, 1.54) is 6.42 Å². The summed E-state index contributed by atoms with van der Waals surface area (Å²) in [4.78, 5) is 0. The summed E-state index contributed by atoms with van der Waals surface area (Å²) in [7, 11) is 0. The quantitative estimate of drug-likeness (QED) is 0.580. The highest BCUT2D eigenvalue weighted by Crippen LogP contribution is 2.26. The van der Waals surface area contributed by atoms with Crippen LogP contribution in [-0.4, -0.2) is 17.5 Å². The third-order valence-electron chi connectivity index (χ3n) is 1.94. The molecule has 0 bridgehead atoms. The first-order chi connectivity index (χ1) is 4.24. The van der Waals surface area contributed by atoms with Crippen LogP contribution in [0.3, 0.4) is 0 Å². The van der Waals surface area contributed by atoms with Crippen molar-refractivity contribution in [3.63, 3.8) is 0 Å². The minimum Gasteiger partial charge on any atom is -0.375 e. The lowest BCUT2D eigenvalue weighted by Crippen LogP contribution is -2.11. The Morgan fingerprint density at radius 1 is 1.56 bits per heavy atom. The molecule has 3 unspecified atom stereocenters. The molecule has 9 heavy (non-hydrogen) atoms. The Hall–Kier alpha value is 0.440. The summed E-state index contributed by atoms with van der Waals surface area (Å²) in [5.74, 6) is 0.736. The van der Waals surface area contributed by atoms with E-state index in [2.05, 4.69) is 29.8 Å². The zero-order valence-electron chi connectivity index (χ0n) is 5.93. The van der Waals surface area contributed by atoms with Gasteiger partial charge in [0.05, 0.1) is 12.2 Å². The maximum atomic E-state index is 5.53. The van der Waals surface area contributed by atoms with Gasteiger partial charge in [-0.15, -0.1) is 0 Å². The highest BCUT2D eigenvalue weighted by atomic mass is 79.9. The Balaban J connectivity index is 2.38. The molecule has 1 saturated heterocycles. The van der Waals surface area contributed by atoms with E-state index in [1.807, 2.05) is 0 Å². The number of rotatable bonds is 1. The van der Waals surface area contributed by atoms with Crippen molar-refractivity contribution in [3.05, 3.63) is 0 Å². The fourth-order valence-corrected chi connectivity index (χ4v) is 2.13. The van der Waals surface area contributed by atoms with Crippen molar-refractivity contribution in [3.8, 4) is 0 Å².